The fourth-order valence-corrected chi connectivity index (χ4v) is 5.70. The number of aliphatic hydroxyl groups excluding tert-OH is 5. The Morgan fingerprint density at radius 2 is 1.24 bits per heavy atom. The molecule has 1 saturated heterocycles. The van der Waals surface area contributed by atoms with Gasteiger partial charge in [-0.3, -0.25) is 4.79 Å². The van der Waals surface area contributed by atoms with E-state index in [2.05, 4.69) is 31.3 Å². The van der Waals surface area contributed by atoms with Crippen LogP contribution in [-0.4, -0.2) is 87.5 Å². The van der Waals surface area contributed by atoms with Crippen LogP contribution in [0.5, 0.6) is 0 Å². The Hall–Kier alpha value is -1.33. The number of unbranched alkanes of at least 4 members (excludes halogenated alkanes) is 17. The molecule has 270 valence electrons. The molecule has 6 N–H and O–H groups in total. The number of rotatable bonds is 29. The molecule has 1 aliphatic rings. The molecule has 1 aliphatic heterocycles. The fraction of sp³-hybridized carbons (Fsp3) is 0.865. The molecule has 1 amide bonds. The Morgan fingerprint density at radius 3 is 1.83 bits per heavy atom. The Balaban J connectivity index is 2.51. The van der Waals surface area contributed by atoms with Crippen LogP contribution in [0.3, 0.4) is 0 Å². The number of hydrogen-bond acceptors (Lipinski definition) is 8. The summed E-state index contributed by atoms with van der Waals surface area (Å²) in [7, 11) is 0. The molecule has 0 bridgehead atoms. The van der Waals surface area contributed by atoms with Crippen LogP contribution < -0.4 is 5.32 Å². The van der Waals surface area contributed by atoms with Gasteiger partial charge < -0.3 is 40.3 Å². The lowest BCUT2D eigenvalue weighted by Crippen LogP contribution is -2.60. The highest BCUT2D eigenvalue weighted by atomic mass is 16.7. The minimum atomic E-state index is -1.57. The maximum absolute atomic E-state index is 12.8. The van der Waals surface area contributed by atoms with Crippen molar-refractivity contribution in [3.63, 3.8) is 0 Å². The minimum absolute atomic E-state index is 0.191. The number of nitrogens with one attached hydrogen (secondary N) is 1. The Labute approximate surface area is 279 Å². The topological polar surface area (TPSA) is 149 Å². The summed E-state index contributed by atoms with van der Waals surface area (Å²) in [6, 6.07) is -0.813. The van der Waals surface area contributed by atoms with Crippen LogP contribution >= 0.6 is 0 Å². The molecule has 0 aromatic rings. The monoisotopic (exact) mass is 656 g/mol. The van der Waals surface area contributed by atoms with Crippen LogP contribution in [0.25, 0.3) is 0 Å². The number of aliphatic hydroxyl groups is 5. The molecular weight excluding hydrogens is 586 g/mol. The van der Waals surface area contributed by atoms with Crippen molar-refractivity contribution in [3.05, 3.63) is 24.3 Å². The minimum Gasteiger partial charge on any atom is -0.394 e. The number of allylic oxidation sites excluding steroid dienone is 3. The number of amides is 1. The van der Waals surface area contributed by atoms with Crippen LogP contribution in [0.1, 0.15) is 149 Å². The molecule has 0 radical (unpaired) electrons. The van der Waals surface area contributed by atoms with Crippen molar-refractivity contribution in [2.24, 2.45) is 0 Å². The van der Waals surface area contributed by atoms with E-state index in [1.807, 2.05) is 6.08 Å². The molecule has 9 nitrogen and oxygen atoms in total. The molecule has 7 unspecified atom stereocenters. The van der Waals surface area contributed by atoms with Gasteiger partial charge in [0.1, 0.15) is 24.4 Å². The van der Waals surface area contributed by atoms with Crippen LogP contribution in [0.2, 0.25) is 0 Å². The van der Waals surface area contributed by atoms with E-state index >= 15 is 0 Å². The van der Waals surface area contributed by atoms with Crippen molar-refractivity contribution >= 4 is 5.91 Å². The van der Waals surface area contributed by atoms with E-state index in [-0.39, 0.29) is 12.5 Å². The van der Waals surface area contributed by atoms with E-state index in [1.165, 1.54) is 89.9 Å². The lowest BCUT2D eigenvalue weighted by molar-refractivity contribution is -0.302. The van der Waals surface area contributed by atoms with Gasteiger partial charge in [-0.25, -0.2) is 0 Å². The predicted molar refractivity (Wildman–Crippen MR) is 184 cm³/mol. The SMILES string of the molecule is CCCCCCCC/C=C/CC/C=C/C(O)C(COC1OC(CO)C(O)C(O)C1O)NC(=O)CCCCCCCCCCCCC. The van der Waals surface area contributed by atoms with Gasteiger partial charge in [0, 0.05) is 6.42 Å². The van der Waals surface area contributed by atoms with Crippen molar-refractivity contribution in [2.45, 2.75) is 192 Å². The van der Waals surface area contributed by atoms with Gasteiger partial charge in [-0.1, -0.05) is 134 Å². The highest BCUT2D eigenvalue weighted by Crippen LogP contribution is 2.22. The quantitative estimate of drug-likeness (QED) is 0.0425. The highest BCUT2D eigenvalue weighted by molar-refractivity contribution is 5.76. The van der Waals surface area contributed by atoms with Crippen molar-refractivity contribution in [1.82, 2.24) is 5.32 Å². The molecule has 7 atom stereocenters. The number of hydrogen-bond donors (Lipinski definition) is 6. The van der Waals surface area contributed by atoms with Crippen LogP contribution in [0.15, 0.2) is 24.3 Å². The summed E-state index contributed by atoms with van der Waals surface area (Å²) in [6.45, 7) is 3.69. The van der Waals surface area contributed by atoms with E-state index in [0.29, 0.717) is 6.42 Å². The molecule has 1 fully saturated rings. The zero-order chi connectivity index (χ0) is 33.8. The third-order valence-corrected chi connectivity index (χ3v) is 8.78. The molecule has 0 aromatic carbocycles. The summed E-state index contributed by atoms with van der Waals surface area (Å²) in [5, 5.41) is 53.7. The smallest absolute Gasteiger partial charge is 0.220 e. The van der Waals surface area contributed by atoms with Gasteiger partial charge >= 0.3 is 0 Å². The Morgan fingerprint density at radius 1 is 0.717 bits per heavy atom. The molecule has 0 spiro atoms. The van der Waals surface area contributed by atoms with Crippen LogP contribution in [-0.2, 0) is 14.3 Å². The molecule has 0 aliphatic carbocycles. The summed E-state index contributed by atoms with van der Waals surface area (Å²) in [5.41, 5.74) is 0. The third kappa shape index (κ3) is 20.1. The summed E-state index contributed by atoms with van der Waals surface area (Å²) in [5.74, 6) is -0.191. The average Bonchev–Trinajstić information content (AvgIpc) is 3.05. The van der Waals surface area contributed by atoms with Gasteiger partial charge in [0.05, 0.1) is 25.4 Å². The van der Waals surface area contributed by atoms with Gasteiger partial charge in [-0.05, 0) is 32.1 Å². The summed E-state index contributed by atoms with van der Waals surface area (Å²) in [6.07, 6.45) is 23.6. The average molecular weight is 656 g/mol. The van der Waals surface area contributed by atoms with Crippen LogP contribution in [0, 0.1) is 0 Å². The molecule has 46 heavy (non-hydrogen) atoms. The first-order chi connectivity index (χ1) is 22.3. The van der Waals surface area contributed by atoms with Gasteiger partial charge in [-0.2, -0.15) is 0 Å². The maximum atomic E-state index is 12.8. The van der Waals surface area contributed by atoms with Crippen molar-refractivity contribution in [3.8, 4) is 0 Å². The van der Waals surface area contributed by atoms with Gasteiger partial charge in [0.2, 0.25) is 5.91 Å². The molecule has 1 heterocycles. The number of carbonyl (C=O) groups is 1. The second-order valence-electron chi connectivity index (χ2n) is 13.0. The summed E-state index contributed by atoms with van der Waals surface area (Å²) < 4.78 is 11.1. The van der Waals surface area contributed by atoms with Crippen molar-refractivity contribution in [1.29, 1.82) is 0 Å². The molecule has 9 heteroatoms. The van der Waals surface area contributed by atoms with E-state index in [4.69, 9.17) is 9.47 Å². The van der Waals surface area contributed by atoms with E-state index in [0.717, 1.165) is 38.5 Å². The maximum Gasteiger partial charge on any atom is 0.220 e. The number of carbonyl (C=O) groups excluding carboxylic acids is 1. The van der Waals surface area contributed by atoms with E-state index in [1.54, 1.807) is 6.08 Å². The van der Waals surface area contributed by atoms with Gasteiger partial charge in [0.25, 0.3) is 0 Å². The Bertz CT molecular complexity index is 776. The van der Waals surface area contributed by atoms with E-state index in [9.17, 15) is 30.3 Å². The lowest BCUT2D eigenvalue weighted by Gasteiger charge is -2.40. The van der Waals surface area contributed by atoms with Crippen molar-refractivity contribution in [2.75, 3.05) is 13.2 Å². The molecule has 0 saturated carbocycles. The molecular formula is C37H69NO8. The highest BCUT2D eigenvalue weighted by Gasteiger charge is 2.44. The standard InChI is InChI=1S/C37H69NO8/c1-3-5-7-9-11-13-15-17-18-20-22-24-26-31(40)30(29-45-37-36(44)35(43)34(42)32(28-39)46-37)38-33(41)27-25-23-21-19-16-14-12-10-8-6-4-2/h17-18,24,26,30-32,34-37,39-40,42-44H,3-16,19-23,25,27-29H2,1-2H3,(H,38,41)/b18-17+,26-24+. The first-order valence-corrected chi connectivity index (χ1v) is 18.6. The third-order valence-electron chi connectivity index (χ3n) is 8.78. The zero-order valence-corrected chi connectivity index (χ0v) is 29.1. The summed E-state index contributed by atoms with van der Waals surface area (Å²) in [4.78, 5) is 12.8. The second-order valence-corrected chi connectivity index (χ2v) is 13.0. The first kappa shape index (κ1) is 42.7. The van der Waals surface area contributed by atoms with Crippen molar-refractivity contribution < 1.29 is 39.8 Å². The van der Waals surface area contributed by atoms with Gasteiger partial charge in [0.15, 0.2) is 6.29 Å². The normalized spacial score (nSPS) is 23.3. The molecule has 0 aromatic heterocycles. The number of ether oxygens (including phenoxy) is 2. The molecule has 1 rings (SSSR count). The largest absolute Gasteiger partial charge is 0.394 e. The predicted octanol–water partition coefficient (Wildman–Crippen LogP) is 5.99. The summed E-state index contributed by atoms with van der Waals surface area (Å²) >= 11 is 0. The van der Waals surface area contributed by atoms with Crippen LogP contribution in [0.4, 0.5) is 0 Å². The first-order valence-electron chi connectivity index (χ1n) is 18.6. The lowest BCUT2D eigenvalue weighted by atomic mass is 9.99. The van der Waals surface area contributed by atoms with E-state index < -0.39 is 49.5 Å². The fourth-order valence-electron chi connectivity index (χ4n) is 5.70. The second kappa shape index (κ2) is 28.7. The van der Waals surface area contributed by atoms with Gasteiger partial charge in [-0.15, -0.1) is 0 Å². The Kier molecular flexibility index (Phi) is 26.6. The zero-order valence-electron chi connectivity index (χ0n) is 29.1.